The van der Waals surface area contributed by atoms with E-state index in [2.05, 4.69) is 17.4 Å². The molecule has 0 radical (unpaired) electrons. The molecular weight excluding hydrogens is 253 g/mol. The average molecular weight is 265 g/mol. The van der Waals surface area contributed by atoms with Gasteiger partial charge in [0, 0.05) is 12.3 Å². The molecule has 0 fully saturated rings. The highest BCUT2D eigenvalue weighted by atomic mass is 16.5. The Morgan fingerprint density at radius 1 is 1.40 bits per heavy atom. The van der Waals surface area contributed by atoms with Gasteiger partial charge < -0.3 is 15.0 Å². The van der Waals surface area contributed by atoms with Crippen LogP contribution in [0.1, 0.15) is 15.9 Å². The lowest BCUT2D eigenvalue weighted by Gasteiger charge is -2.19. The van der Waals surface area contributed by atoms with Crippen molar-refractivity contribution < 1.29 is 14.5 Å². The lowest BCUT2D eigenvalue weighted by Crippen LogP contribution is -2.41. The smallest absolute Gasteiger partial charge is 0.423 e. The number of benzene rings is 1. The van der Waals surface area contributed by atoms with Gasteiger partial charge in [-0.3, -0.25) is 4.79 Å². The highest BCUT2D eigenvalue weighted by Gasteiger charge is 2.25. The second kappa shape index (κ2) is 5.37. The van der Waals surface area contributed by atoms with Crippen molar-refractivity contribution in [2.75, 3.05) is 11.9 Å². The first kappa shape index (κ1) is 12.7. The SMILES string of the molecule is O=C(Nc1ccc2c(c1)B(O)OCC2)c1c#cccc1. The summed E-state index contributed by atoms with van der Waals surface area (Å²) in [5.41, 5.74) is 2.79. The van der Waals surface area contributed by atoms with Crippen LogP contribution in [0.3, 0.4) is 0 Å². The fourth-order valence-electron chi connectivity index (χ4n) is 2.18. The van der Waals surface area contributed by atoms with Crippen molar-refractivity contribution in [3.8, 4) is 0 Å². The van der Waals surface area contributed by atoms with E-state index in [1.54, 1.807) is 24.3 Å². The summed E-state index contributed by atoms with van der Waals surface area (Å²) >= 11 is 0. The van der Waals surface area contributed by atoms with Gasteiger partial charge in [0.2, 0.25) is 0 Å². The van der Waals surface area contributed by atoms with E-state index in [4.69, 9.17) is 4.65 Å². The molecule has 1 heterocycles. The third kappa shape index (κ3) is 2.52. The summed E-state index contributed by atoms with van der Waals surface area (Å²) in [6, 6.07) is 16.0. The highest BCUT2D eigenvalue weighted by Crippen LogP contribution is 2.13. The van der Waals surface area contributed by atoms with Crippen LogP contribution in [0.4, 0.5) is 5.69 Å². The van der Waals surface area contributed by atoms with Gasteiger partial charge in [-0.1, -0.05) is 24.3 Å². The molecule has 4 nitrogen and oxygen atoms in total. The summed E-state index contributed by atoms with van der Waals surface area (Å²) < 4.78 is 5.18. The minimum absolute atomic E-state index is 0.256. The first-order valence-electron chi connectivity index (χ1n) is 6.36. The van der Waals surface area contributed by atoms with Gasteiger partial charge in [0.05, 0.1) is 5.56 Å². The van der Waals surface area contributed by atoms with E-state index in [-0.39, 0.29) is 5.91 Å². The largest absolute Gasteiger partial charge is 0.491 e. The average Bonchev–Trinajstić information content (AvgIpc) is 2.49. The van der Waals surface area contributed by atoms with Gasteiger partial charge in [0.25, 0.3) is 5.91 Å². The molecule has 3 rings (SSSR count). The quantitative estimate of drug-likeness (QED) is 0.789. The lowest BCUT2D eigenvalue weighted by atomic mass is 9.73. The minimum Gasteiger partial charge on any atom is -0.423 e. The van der Waals surface area contributed by atoms with Gasteiger partial charge in [0.15, 0.2) is 0 Å². The van der Waals surface area contributed by atoms with Gasteiger partial charge in [-0.15, -0.1) is 0 Å². The second-order valence-electron chi connectivity index (χ2n) is 4.55. The maximum Gasteiger partial charge on any atom is 0.491 e. The molecule has 0 aromatic heterocycles. The number of carbonyl (C=O) groups excluding carboxylic acids is 1. The van der Waals surface area contributed by atoms with Crippen LogP contribution < -0.4 is 10.8 Å². The van der Waals surface area contributed by atoms with Crippen LogP contribution in [0.15, 0.2) is 36.4 Å². The fraction of sp³-hybridized carbons (Fsp3) is 0.133. The highest BCUT2D eigenvalue weighted by molar-refractivity contribution is 6.61. The van der Waals surface area contributed by atoms with E-state index < -0.39 is 7.12 Å². The zero-order valence-electron chi connectivity index (χ0n) is 10.7. The first-order chi connectivity index (χ1) is 9.74. The Morgan fingerprint density at radius 3 is 3.10 bits per heavy atom. The van der Waals surface area contributed by atoms with Crippen molar-refractivity contribution >= 4 is 24.2 Å². The number of amides is 1. The number of carbonyl (C=O) groups is 1. The molecule has 0 aliphatic carbocycles. The third-order valence-electron chi connectivity index (χ3n) is 3.21. The summed E-state index contributed by atoms with van der Waals surface area (Å²) in [6.07, 6.45) is 0.766. The molecule has 98 valence electrons. The van der Waals surface area contributed by atoms with Crippen molar-refractivity contribution in [1.82, 2.24) is 0 Å². The van der Waals surface area contributed by atoms with Crippen LogP contribution in [0.25, 0.3) is 0 Å². The second-order valence-corrected chi connectivity index (χ2v) is 4.55. The number of fused-ring (bicyclic) bond motifs is 1. The summed E-state index contributed by atoms with van der Waals surface area (Å²) in [7, 11) is -0.924. The molecule has 20 heavy (non-hydrogen) atoms. The maximum atomic E-state index is 12.0. The lowest BCUT2D eigenvalue weighted by molar-refractivity contribution is 0.102. The third-order valence-corrected chi connectivity index (χ3v) is 3.21. The van der Waals surface area contributed by atoms with E-state index in [1.165, 1.54) is 0 Å². The summed E-state index contributed by atoms with van der Waals surface area (Å²) in [6.45, 7) is 0.509. The Balaban J connectivity index is 1.82. The Kier molecular flexibility index (Phi) is 3.42. The fourth-order valence-corrected chi connectivity index (χ4v) is 2.18. The van der Waals surface area contributed by atoms with E-state index >= 15 is 0 Å². The Morgan fingerprint density at radius 2 is 2.30 bits per heavy atom. The number of anilines is 1. The molecule has 1 aliphatic heterocycles. The van der Waals surface area contributed by atoms with Crippen LogP contribution >= 0.6 is 0 Å². The molecule has 2 aromatic rings. The summed E-state index contributed by atoms with van der Waals surface area (Å²) in [5, 5.41) is 12.6. The van der Waals surface area contributed by atoms with Gasteiger partial charge in [-0.2, -0.15) is 0 Å². The van der Waals surface area contributed by atoms with Crippen molar-refractivity contribution in [2.24, 2.45) is 0 Å². The maximum absolute atomic E-state index is 12.0. The first-order valence-corrected chi connectivity index (χ1v) is 6.36. The molecule has 0 atom stereocenters. The molecule has 5 heteroatoms. The number of hydrogen-bond donors (Lipinski definition) is 2. The van der Waals surface area contributed by atoms with Gasteiger partial charge in [0.1, 0.15) is 0 Å². The molecule has 2 aromatic carbocycles. The molecular formula is C15H12BNO3. The van der Waals surface area contributed by atoms with Crippen molar-refractivity contribution in [3.63, 3.8) is 0 Å². The van der Waals surface area contributed by atoms with E-state index in [9.17, 15) is 9.82 Å². The standard InChI is InChI=1S/C15H12BNO3/c18-15(12-4-2-1-3-5-12)17-13-7-6-11-8-9-20-16(19)14(11)10-13/h1-2,4,6-7,10,19H,8-9H2,(H,17,18). The zero-order chi connectivity index (χ0) is 13.9. The molecule has 0 saturated heterocycles. The van der Waals surface area contributed by atoms with E-state index in [1.807, 2.05) is 12.1 Å². The van der Waals surface area contributed by atoms with Crippen LogP contribution in [0.2, 0.25) is 0 Å². The molecule has 2 N–H and O–H groups in total. The van der Waals surface area contributed by atoms with Crippen molar-refractivity contribution in [2.45, 2.75) is 6.42 Å². The van der Waals surface area contributed by atoms with Gasteiger partial charge in [-0.25, -0.2) is 0 Å². The van der Waals surface area contributed by atoms with Crippen molar-refractivity contribution in [1.29, 1.82) is 0 Å². The van der Waals surface area contributed by atoms with Crippen molar-refractivity contribution in [3.05, 3.63) is 59.7 Å². The predicted octanol–water partition coefficient (Wildman–Crippen LogP) is 0.799. The van der Waals surface area contributed by atoms with Crippen LogP contribution in [0.5, 0.6) is 0 Å². The molecule has 0 bridgehead atoms. The number of nitrogens with one attached hydrogen (secondary N) is 1. The monoisotopic (exact) mass is 265 g/mol. The van der Waals surface area contributed by atoms with Crippen LogP contribution in [-0.2, 0) is 11.1 Å². The van der Waals surface area contributed by atoms with E-state index in [0.717, 1.165) is 12.0 Å². The molecule has 1 aliphatic rings. The number of rotatable bonds is 2. The Labute approximate surface area is 117 Å². The van der Waals surface area contributed by atoms with Crippen LogP contribution in [-0.4, -0.2) is 24.7 Å². The predicted molar refractivity (Wildman–Crippen MR) is 75.8 cm³/mol. The van der Waals surface area contributed by atoms with Gasteiger partial charge in [-0.05, 0) is 41.7 Å². The number of hydrogen-bond acceptors (Lipinski definition) is 3. The normalized spacial score (nSPS) is 13.3. The van der Waals surface area contributed by atoms with Gasteiger partial charge >= 0.3 is 7.12 Å². The minimum atomic E-state index is -0.924. The molecule has 0 unspecified atom stereocenters. The summed E-state index contributed by atoms with van der Waals surface area (Å²) in [4.78, 5) is 12.0. The molecule has 0 spiro atoms. The Hall–Kier alpha value is -2.29. The topological polar surface area (TPSA) is 58.6 Å². The molecule has 0 saturated carbocycles. The molecule has 1 amide bonds. The Bertz CT molecular complexity index is 630. The zero-order valence-corrected chi connectivity index (χ0v) is 10.7. The van der Waals surface area contributed by atoms with E-state index in [0.29, 0.717) is 23.3 Å². The van der Waals surface area contributed by atoms with Crippen LogP contribution in [0, 0.1) is 12.1 Å². The summed E-state index contributed by atoms with van der Waals surface area (Å²) in [5.74, 6) is -0.256.